The summed E-state index contributed by atoms with van der Waals surface area (Å²) >= 11 is 1.48. The van der Waals surface area contributed by atoms with E-state index in [1.807, 2.05) is 49.4 Å². The molecule has 6 nitrogen and oxygen atoms in total. The summed E-state index contributed by atoms with van der Waals surface area (Å²) in [4.78, 5) is 19.7. The molecule has 0 saturated heterocycles. The highest BCUT2D eigenvalue weighted by Gasteiger charge is 2.22. The lowest BCUT2D eigenvalue weighted by molar-refractivity contribution is -0.120. The molecule has 7 heteroatoms. The fraction of sp³-hybridized carbons (Fsp3) is 0.200. The van der Waals surface area contributed by atoms with E-state index in [2.05, 4.69) is 0 Å². The van der Waals surface area contributed by atoms with Crippen LogP contribution < -0.4 is 19.1 Å². The van der Waals surface area contributed by atoms with Gasteiger partial charge in [0.1, 0.15) is 22.8 Å². The monoisotopic (exact) mass is 448 g/mol. The lowest BCUT2D eigenvalue weighted by Gasteiger charge is -2.20. The molecule has 1 aromatic heterocycles. The second kappa shape index (κ2) is 9.70. The van der Waals surface area contributed by atoms with E-state index in [0.717, 1.165) is 27.1 Å². The number of anilines is 1. The first kappa shape index (κ1) is 21.6. The van der Waals surface area contributed by atoms with Crippen LogP contribution in [0.1, 0.15) is 11.1 Å². The molecule has 3 aromatic carbocycles. The molecule has 32 heavy (non-hydrogen) atoms. The predicted molar refractivity (Wildman–Crippen MR) is 127 cm³/mol. The number of carbonyl (C=O) groups excluding carboxylic acids is 1. The average Bonchev–Trinajstić information content (AvgIpc) is 3.28. The van der Waals surface area contributed by atoms with E-state index in [1.165, 1.54) is 11.3 Å². The van der Waals surface area contributed by atoms with E-state index in [9.17, 15) is 4.79 Å². The van der Waals surface area contributed by atoms with Gasteiger partial charge in [-0.25, -0.2) is 4.98 Å². The van der Waals surface area contributed by atoms with Crippen LogP contribution in [0, 0.1) is 6.92 Å². The summed E-state index contributed by atoms with van der Waals surface area (Å²) < 4.78 is 17.4. The number of fused-ring (bicyclic) bond motifs is 1. The van der Waals surface area contributed by atoms with Crippen molar-refractivity contribution >= 4 is 32.6 Å². The summed E-state index contributed by atoms with van der Waals surface area (Å²) in [5, 5.41) is 0.611. The Hall–Kier alpha value is -3.58. The number of hydrogen-bond acceptors (Lipinski definition) is 6. The van der Waals surface area contributed by atoms with Crippen LogP contribution in [0.4, 0.5) is 5.13 Å². The minimum Gasteiger partial charge on any atom is -0.497 e. The fourth-order valence-electron chi connectivity index (χ4n) is 3.30. The Bertz CT molecular complexity index is 1210. The third-order valence-corrected chi connectivity index (χ3v) is 6.26. The van der Waals surface area contributed by atoms with Gasteiger partial charge in [-0.1, -0.05) is 47.7 Å². The SMILES string of the molecule is COc1ccc(OCC(=O)N(Cc2ccccc2)c2nc3c(OC)ccc(C)c3s2)cc1. The number of benzene rings is 3. The lowest BCUT2D eigenvalue weighted by Crippen LogP contribution is -2.34. The highest BCUT2D eigenvalue weighted by Crippen LogP contribution is 2.37. The first-order chi connectivity index (χ1) is 15.6. The number of nitrogens with zero attached hydrogens (tertiary/aromatic N) is 2. The van der Waals surface area contributed by atoms with Crippen molar-refractivity contribution in [3.05, 3.63) is 77.9 Å². The summed E-state index contributed by atoms with van der Waals surface area (Å²) in [6.07, 6.45) is 0. The lowest BCUT2D eigenvalue weighted by atomic mass is 10.2. The first-order valence-corrected chi connectivity index (χ1v) is 11.0. The van der Waals surface area contributed by atoms with Gasteiger partial charge in [-0.2, -0.15) is 0 Å². The largest absolute Gasteiger partial charge is 0.497 e. The van der Waals surface area contributed by atoms with Crippen molar-refractivity contribution < 1.29 is 19.0 Å². The second-order valence-corrected chi connectivity index (χ2v) is 8.17. The molecule has 0 spiro atoms. The Morgan fingerprint density at radius 2 is 1.66 bits per heavy atom. The van der Waals surface area contributed by atoms with Crippen molar-refractivity contribution in [3.8, 4) is 17.2 Å². The molecule has 0 saturated carbocycles. The Morgan fingerprint density at radius 3 is 2.34 bits per heavy atom. The van der Waals surface area contributed by atoms with Crippen molar-refractivity contribution in [2.45, 2.75) is 13.5 Å². The van der Waals surface area contributed by atoms with Crippen LogP contribution in [-0.2, 0) is 11.3 Å². The zero-order valence-electron chi connectivity index (χ0n) is 18.2. The molecular weight excluding hydrogens is 424 g/mol. The topological polar surface area (TPSA) is 60.9 Å². The molecule has 0 unspecified atom stereocenters. The first-order valence-electron chi connectivity index (χ1n) is 10.1. The Kier molecular flexibility index (Phi) is 6.56. The zero-order chi connectivity index (χ0) is 22.5. The van der Waals surface area contributed by atoms with Gasteiger partial charge in [0.2, 0.25) is 0 Å². The van der Waals surface area contributed by atoms with Crippen LogP contribution >= 0.6 is 11.3 Å². The average molecular weight is 449 g/mol. The maximum absolute atomic E-state index is 13.3. The Morgan fingerprint density at radius 1 is 0.938 bits per heavy atom. The van der Waals surface area contributed by atoms with Gasteiger partial charge < -0.3 is 14.2 Å². The number of rotatable bonds is 8. The summed E-state index contributed by atoms with van der Waals surface area (Å²) in [7, 11) is 3.23. The van der Waals surface area contributed by atoms with Crippen LogP contribution in [0.2, 0.25) is 0 Å². The molecule has 0 fully saturated rings. The molecule has 0 N–H and O–H groups in total. The minimum absolute atomic E-state index is 0.106. The third kappa shape index (κ3) is 4.68. The van der Waals surface area contributed by atoms with Crippen LogP contribution in [-0.4, -0.2) is 31.7 Å². The molecule has 4 rings (SSSR count). The molecular formula is C25H24N2O4S. The maximum Gasteiger partial charge on any atom is 0.267 e. The molecule has 0 aliphatic carbocycles. The van der Waals surface area contributed by atoms with E-state index >= 15 is 0 Å². The van der Waals surface area contributed by atoms with Crippen LogP contribution in [0.3, 0.4) is 0 Å². The van der Waals surface area contributed by atoms with Crippen LogP contribution in [0.5, 0.6) is 17.2 Å². The molecule has 0 aliphatic heterocycles. The highest BCUT2D eigenvalue weighted by molar-refractivity contribution is 7.22. The predicted octanol–water partition coefficient (Wildman–Crippen LogP) is 5.23. The second-order valence-electron chi connectivity index (χ2n) is 7.19. The molecule has 0 bridgehead atoms. The summed E-state index contributed by atoms with van der Waals surface area (Å²) in [6.45, 7) is 2.32. The number of aryl methyl sites for hydroxylation is 1. The molecule has 0 atom stereocenters. The normalized spacial score (nSPS) is 10.7. The number of thiazole rings is 1. The Balaban J connectivity index is 1.63. The smallest absolute Gasteiger partial charge is 0.267 e. The fourth-order valence-corrected chi connectivity index (χ4v) is 4.37. The van der Waals surface area contributed by atoms with Gasteiger partial charge in [0.25, 0.3) is 5.91 Å². The number of carbonyl (C=O) groups is 1. The van der Waals surface area contributed by atoms with E-state index in [1.54, 1.807) is 43.4 Å². The van der Waals surface area contributed by atoms with Gasteiger partial charge in [0, 0.05) is 0 Å². The number of methoxy groups -OCH3 is 2. The summed E-state index contributed by atoms with van der Waals surface area (Å²) in [6, 6.07) is 20.9. The minimum atomic E-state index is -0.180. The van der Waals surface area contributed by atoms with Crippen molar-refractivity contribution in [1.82, 2.24) is 4.98 Å². The third-order valence-electron chi connectivity index (χ3n) is 5.05. The molecule has 0 aliphatic rings. The molecule has 1 amide bonds. The number of aromatic nitrogens is 1. The summed E-state index contributed by atoms with van der Waals surface area (Å²) in [5.41, 5.74) is 2.86. The maximum atomic E-state index is 13.3. The van der Waals surface area contributed by atoms with Crippen molar-refractivity contribution in [3.63, 3.8) is 0 Å². The van der Waals surface area contributed by atoms with Crippen molar-refractivity contribution in [2.24, 2.45) is 0 Å². The summed E-state index contributed by atoms with van der Waals surface area (Å²) in [5.74, 6) is 1.84. The molecule has 164 valence electrons. The molecule has 1 heterocycles. The number of hydrogen-bond donors (Lipinski definition) is 0. The quantitative estimate of drug-likeness (QED) is 0.369. The van der Waals surface area contributed by atoms with Gasteiger partial charge in [-0.3, -0.25) is 9.69 Å². The number of amides is 1. The highest BCUT2D eigenvalue weighted by atomic mass is 32.1. The van der Waals surface area contributed by atoms with Gasteiger partial charge in [0.05, 0.1) is 25.5 Å². The van der Waals surface area contributed by atoms with Gasteiger partial charge in [0.15, 0.2) is 11.7 Å². The van der Waals surface area contributed by atoms with E-state index in [0.29, 0.717) is 23.2 Å². The van der Waals surface area contributed by atoms with E-state index in [-0.39, 0.29) is 12.5 Å². The van der Waals surface area contributed by atoms with Crippen molar-refractivity contribution in [2.75, 3.05) is 25.7 Å². The molecule has 0 radical (unpaired) electrons. The van der Waals surface area contributed by atoms with E-state index in [4.69, 9.17) is 19.2 Å². The standard InChI is InChI=1S/C25H24N2O4S/c1-17-9-14-21(30-3)23-24(17)32-25(26-23)27(15-18-7-5-4-6-8-18)22(28)16-31-20-12-10-19(29-2)11-13-20/h4-14H,15-16H2,1-3H3. The van der Waals surface area contributed by atoms with Gasteiger partial charge >= 0.3 is 0 Å². The van der Waals surface area contributed by atoms with Gasteiger partial charge in [-0.05, 0) is 48.4 Å². The zero-order valence-corrected chi connectivity index (χ0v) is 19.0. The van der Waals surface area contributed by atoms with E-state index < -0.39 is 0 Å². The number of ether oxygens (including phenoxy) is 3. The van der Waals surface area contributed by atoms with Crippen LogP contribution in [0.25, 0.3) is 10.2 Å². The molecule has 4 aromatic rings. The van der Waals surface area contributed by atoms with Gasteiger partial charge in [-0.15, -0.1) is 0 Å². The van der Waals surface area contributed by atoms with Crippen LogP contribution in [0.15, 0.2) is 66.7 Å². The Labute approximate surface area is 191 Å². The van der Waals surface area contributed by atoms with Crippen molar-refractivity contribution in [1.29, 1.82) is 0 Å².